The molecular weight excluding hydrogens is 650 g/mol. The molecule has 0 radical (unpaired) electrons. The van der Waals surface area contributed by atoms with Crippen molar-refractivity contribution in [1.29, 1.82) is 0 Å². The highest BCUT2D eigenvalue weighted by Crippen LogP contribution is 2.33. The van der Waals surface area contributed by atoms with Crippen LogP contribution in [0.2, 0.25) is 0 Å². The van der Waals surface area contributed by atoms with E-state index < -0.39 is 111 Å². The molecule has 0 heterocycles. The first-order valence-corrected chi connectivity index (χ1v) is 13.0. The van der Waals surface area contributed by atoms with Crippen LogP contribution < -0.4 is 16.2 Å². The minimum absolute atomic E-state index is 0.214. The summed E-state index contributed by atoms with van der Waals surface area (Å²) in [5.74, 6) is -6.94. The van der Waals surface area contributed by atoms with E-state index in [1.165, 1.54) is 0 Å². The zero-order chi connectivity index (χ0) is 35.4. The van der Waals surface area contributed by atoms with E-state index in [9.17, 15) is 45.2 Å². The minimum Gasteiger partial charge on any atom is -0.478 e. The van der Waals surface area contributed by atoms with Crippen molar-refractivity contribution < 1.29 is 86.0 Å². The van der Waals surface area contributed by atoms with Crippen molar-refractivity contribution in [2.45, 2.75) is 35.5 Å². The minimum atomic E-state index is -5.08. The highest BCUT2D eigenvalue weighted by Gasteiger charge is 2.34. The Bertz CT molecular complexity index is 1420. The maximum atomic E-state index is 13.3. The zero-order valence-electron chi connectivity index (χ0n) is 22.3. The number of rotatable bonds is 11. The van der Waals surface area contributed by atoms with Gasteiger partial charge < -0.3 is 52.3 Å². The van der Waals surface area contributed by atoms with Crippen LogP contribution in [0.3, 0.4) is 0 Å². The molecule has 45 heavy (non-hydrogen) atoms. The molecule has 0 fully saturated rings. The Morgan fingerprint density at radius 1 is 0.778 bits per heavy atom. The van der Waals surface area contributed by atoms with E-state index in [1.54, 1.807) is 4.72 Å². The monoisotopic (exact) mass is 677 g/mol. The SMILES string of the molecule is NC(=O)C(O)C(O)CO.NC(=O)C(O)C(O)CO.O=C(O)c1cc(C(=O)O)cc(S(=O)(=O)Nc2ccc(F)c(C(F)(F)F)c2)c1. The van der Waals surface area contributed by atoms with Crippen molar-refractivity contribution in [3.63, 3.8) is 0 Å². The van der Waals surface area contributed by atoms with Gasteiger partial charge in [-0.1, -0.05) is 0 Å². The number of benzene rings is 2. The average Bonchev–Trinajstić information content (AvgIpc) is 2.95. The second-order valence-corrected chi connectivity index (χ2v) is 10.0. The number of halogens is 4. The fourth-order valence-corrected chi connectivity index (χ4v) is 3.72. The summed E-state index contributed by atoms with van der Waals surface area (Å²) in [7, 11) is -4.67. The zero-order valence-corrected chi connectivity index (χ0v) is 23.1. The van der Waals surface area contributed by atoms with Gasteiger partial charge in [-0.2, -0.15) is 13.2 Å². The van der Waals surface area contributed by atoms with Crippen LogP contribution in [0.15, 0.2) is 41.3 Å². The van der Waals surface area contributed by atoms with Crippen molar-refractivity contribution >= 4 is 39.5 Å². The molecule has 252 valence electrons. The van der Waals surface area contributed by atoms with Crippen LogP contribution in [0.1, 0.15) is 26.3 Å². The van der Waals surface area contributed by atoms with E-state index in [4.69, 9.17) is 40.9 Å². The van der Waals surface area contributed by atoms with Gasteiger partial charge in [0.05, 0.1) is 34.8 Å². The number of carbonyl (C=O) groups is 4. The first-order valence-electron chi connectivity index (χ1n) is 11.5. The van der Waals surface area contributed by atoms with Gasteiger partial charge in [0.25, 0.3) is 10.0 Å². The Morgan fingerprint density at radius 3 is 1.47 bits per heavy atom. The van der Waals surface area contributed by atoms with Crippen molar-refractivity contribution in [3.05, 3.63) is 58.9 Å². The number of amides is 2. The van der Waals surface area contributed by atoms with Gasteiger partial charge in [0, 0.05) is 5.69 Å². The molecular formula is C23H27F4N3O14S. The van der Waals surface area contributed by atoms with Crippen LogP contribution in [-0.4, -0.2) is 111 Å². The van der Waals surface area contributed by atoms with E-state index >= 15 is 0 Å². The summed E-state index contributed by atoms with van der Waals surface area (Å²) in [4.78, 5) is 41.3. The number of aliphatic hydroxyl groups is 6. The molecule has 2 aromatic rings. The lowest BCUT2D eigenvalue weighted by molar-refractivity contribution is -0.140. The Hall–Kier alpha value is -4.45. The molecule has 4 atom stereocenters. The van der Waals surface area contributed by atoms with Crippen LogP contribution in [0.4, 0.5) is 23.2 Å². The van der Waals surface area contributed by atoms with Gasteiger partial charge in [-0.3, -0.25) is 14.3 Å². The van der Waals surface area contributed by atoms with Crippen molar-refractivity contribution in [1.82, 2.24) is 0 Å². The fraction of sp³-hybridized carbons (Fsp3) is 0.304. The van der Waals surface area contributed by atoms with Crippen LogP contribution in [0, 0.1) is 5.82 Å². The average molecular weight is 678 g/mol. The van der Waals surface area contributed by atoms with Gasteiger partial charge in [-0.05, 0) is 36.4 Å². The first-order chi connectivity index (χ1) is 20.5. The topological polar surface area (TPSA) is 328 Å². The summed E-state index contributed by atoms with van der Waals surface area (Å²) in [5.41, 5.74) is 5.42. The number of hydrogen-bond donors (Lipinski definition) is 11. The second kappa shape index (κ2) is 17.1. The summed E-state index contributed by atoms with van der Waals surface area (Å²) in [6.07, 6.45) is -11.4. The lowest BCUT2D eigenvalue weighted by Gasteiger charge is -2.13. The largest absolute Gasteiger partial charge is 0.478 e. The van der Waals surface area contributed by atoms with E-state index in [2.05, 4.69) is 11.5 Å². The molecule has 17 nitrogen and oxygen atoms in total. The fourth-order valence-electron chi connectivity index (χ4n) is 2.60. The third-order valence-electron chi connectivity index (χ3n) is 4.92. The van der Waals surface area contributed by atoms with E-state index in [-0.39, 0.29) is 6.07 Å². The Balaban J connectivity index is 0.000000880. The number of nitrogens with one attached hydrogen (secondary N) is 1. The number of carboxylic acid groups (broad SMARTS) is 2. The Kier molecular flexibility index (Phi) is 15.4. The number of carbonyl (C=O) groups excluding carboxylic acids is 2. The molecule has 2 aromatic carbocycles. The van der Waals surface area contributed by atoms with Crippen molar-refractivity contribution in [3.8, 4) is 0 Å². The summed E-state index contributed by atoms with van der Waals surface area (Å²) in [6.45, 7) is -1.35. The number of hydrogen-bond acceptors (Lipinski definition) is 12. The molecule has 0 saturated carbocycles. The summed E-state index contributed by atoms with van der Waals surface area (Å²) < 4.78 is 77.8. The molecule has 0 saturated heterocycles. The molecule has 2 rings (SSSR count). The van der Waals surface area contributed by atoms with Crippen LogP contribution in [-0.2, 0) is 25.8 Å². The molecule has 2 amide bonds. The quantitative estimate of drug-likeness (QED) is 0.109. The van der Waals surface area contributed by atoms with Gasteiger partial charge in [0.15, 0.2) is 12.2 Å². The number of sulfonamides is 1. The maximum Gasteiger partial charge on any atom is 0.419 e. The Morgan fingerprint density at radius 2 is 1.18 bits per heavy atom. The standard InChI is InChI=1S/C15H9F4NO6S.2C4H9NO4/c16-12-2-1-9(6-11(12)15(17,18)19)20-27(25,26)10-4-7(13(21)22)3-8(5-10)14(23)24;2*5-4(9)3(8)2(7)1-6/h1-6,20H,(H,21,22)(H,23,24);2*2-3,6-8H,1H2,(H2,5,9). The molecule has 4 unspecified atom stereocenters. The molecule has 0 aliphatic rings. The number of anilines is 1. The molecule has 13 N–H and O–H groups in total. The first kappa shape index (κ1) is 40.5. The number of alkyl halides is 3. The van der Waals surface area contributed by atoms with E-state index in [0.717, 1.165) is 6.07 Å². The number of aliphatic hydroxyl groups excluding tert-OH is 6. The van der Waals surface area contributed by atoms with Crippen LogP contribution in [0.25, 0.3) is 0 Å². The van der Waals surface area contributed by atoms with Gasteiger partial charge in [0.1, 0.15) is 18.0 Å². The molecule has 0 aliphatic carbocycles. The summed E-state index contributed by atoms with van der Waals surface area (Å²) in [5, 5.41) is 68.2. The number of primary amides is 2. The molecule has 22 heteroatoms. The van der Waals surface area contributed by atoms with Crippen LogP contribution in [0.5, 0.6) is 0 Å². The third kappa shape index (κ3) is 13.0. The van der Waals surface area contributed by atoms with Gasteiger partial charge in [-0.25, -0.2) is 22.4 Å². The lowest BCUT2D eigenvalue weighted by Crippen LogP contribution is -2.40. The van der Waals surface area contributed by atoms with Crippen molar-refractivity contribution in [2.75, 3.05) is 17.9 Å². The lowest BCUT2D eigenvalue weighted by atomic mass is 10.1. The normalized spacial score (nSPS) is 13.8. The summed E-state index contributed by atoms with van der Waals surface area (Å²) in [6, 6.07) is 3.31. The molecule has 0 aliphatic heterocycles. The van der Waals surface area contributed by atoms with E-state index in [0.29, 0.717) is 24.3 Å². The van der Waals surface area contributed by atoms with Crippen LogP contribution >= 0.6 is 0 Å². The highest BCUT2D eigenvalue weighted by molar-refractivity contribution is 7.92. The maximum absolute atomic E-state index is 13.3. The highest BCUT2D eigenvalue weighted by atomic mass is 32.2. The number of aromatic carboxylic acids is 2. The Labute approximate surface area is 249 Å². The van der Waals surface area contributed by atoms with Gasteiger partial charge >= 0.3 is 18.1 Å². The third-order valence-corrected chi connectivity index (χ3v) is 6.28. The molecule has 0 bridgehead atoms. The predicted molar refractivity (Wildman–Crippen MR) is 139 cm³/mol. The summed E-state index contributed by atoms with van der Waals surface area (Å²) >= 11 is 0. The molecule has 0 spiro atoms. The smallest absolute Gasteiger partial charge is 0.419 e. The van der Waals surface area contributed by atoms with Gasteiger partial charge in [0.2, 0.25) is 11.8 Å². The second-order valence-electron chi connectivity index (χ2n) is 8.35. The number of nitrogens with two attached hydrogens (primary N) is 2. The molecule has 0 aromatic heterocycles. The number of carboxylic acids is 2. The van der Waals surface area contributed by atoms with Crippen molar-refractivity contribution in [2.24, 2.45) is 11.5 Å². The van der Waals surface area contributed by atoms with Gasteiger partial charge in [-0.15, -0.1) is 0 Å². The predicted octanol–water partition coefficient (Wildman–Crippen LogP) is -2.59. The van der Waals surface area contributed by atoms with E-state index in [1.807, 2.05) is 0 Å².